The monoisotopic (exact) mass is 653 g/mol. The molecule has 0 N–H and O–H groups in total. The van der Waals surface area contributed by atoms with Crippen molar-refractivity contribution in [1.82, 2.24) is 0 Å². The topological polar surface area (TPSA) is 78.9 Å². The molecule has 0 bridgehead atoms. The van der Waals surface area contributed by atoms with Crippen LogP contribution in [0.2, 0.25) is 0 Å². The van der Waals surface area contributed by atoms with Gasteiger partial charge in [0.1, 0.15) is 13.2 Å². The normalized spacial score (nSPS) is 11.9. The molecule has 0 unspecified atom stereocenters. The molecule has 6 heteroatoms. The van der Waals surface area contributed by atoms with Crippen molar-refractivity contribution < 1.29 is 28.6 Å². The second-order valence-electron chi connectivity index (χ2n) is 14.0. The van der Waals surface area contributed by atoms with Gasteiger partial charge in [-0.05, 0) is 25.2 Å². The maximum absolute atomic E-state index is 12.6. The Hall–Kier alpha value is -1.59. The molecule has 0 radical (unpaired) electrons. The zero-order chi connectivity index (χ0) is 33.9. The van der Waals surface area contributed by atoms with Crippen LogP contribution in [0.4, 0.5) is 0 Å². The Bertz CT molecular complexity index is 691. The standard InChI is InChI=1S/C40H76O6/c1-5-7-9-11-12-16-20-24-28-32-39(42)45-35-37(34-44-38(41)31-27-22-10-8-6-2)46-40(43)33-29-25-21-18-15-13-14-17-19-23-26-30-36(3)4/h36-37H,5-35H2,1-4H3/t37-/m0/s1. The van der Waals surface area contributed by atoms with Gasteiger partial charge < -0.3 is 14.2 Å². The maximum atomic E-state index is 12.6. The van der Waals surface area contributed by atoms with E-state index in [0.717, 1.165) is 70.1 Å². The molecule has 0 saturated carbocycles. The van der Waals surface area contributed by atoms with Gasteiger partial charge in [0.2, 0.25) is 0 Å². The van der Waals surface area contributed by atoms with Crippen LogP contribution in [0.25, 0.3) is 0 Å². The van der Waals surface area contributed by atoms with Crippen LogP contribution in [0.5, 0.6) is 0 Å². The lowest BCUT2D eigenvalue weighted by Crippen LogP contribution is -2.30. The van der Waals surface area contributed by atoms with E-state index in [4.69, 9.17) is 14.2 Å². The maximum Gasteiger partial charge on any atom is 0.306 e. The second kappa shape index (κ2) is 34.7. The summed E-state index contributed by atoms with van der Waals surface area (Å²) in [7, 11) is 0. The molecule has 0 aromatic carbocycles. The number of carbonyl (C=O) groups is 3. The Kier molecular flexibility index (Phi) is 33.5. The third-order valence-corrected chi connectivity index (χ3v) is 8.79. The first-order valence-corrected chi connectivity index (χ1v) is 19.9. The Morgan fingerprint density at radius 3 is 1.07 bits per heavy atom. The molecule has 0 fully saturated rings. The number of hydrogen-bond donors (Lipinski definition) is 0. The molecule has 0 aromatic rings. The predicted octanol–water partition coefficient (Wildman–Crippen LogP) is 12.0. The third kappa shape index (κ3) is 33.8. The van der Waals surface area contributed by atoms with E-state index in [1.54, 1.807) is 0 Å². The number of hydrogen-bond acceptors (Lipinski definition) is 6. The molecule has 0 saturated heterocycles. The lowest BCUT2D eigenvalue weighted by atomic mass is 10.0. The zero-order valence-electron chi connectivity index (χ0n) is 31.0. The number of rotatable bonds is 35. The van der Waals surface area contributed by atoms with E-state index in [0.29, 0.717) is 19.3 Å². The molecular weight excluding hydrogens is 576 g/mol. The molecule has 0 aliphatic rings. The number of esters is 3. The first-order chi connectivity index (χ1) is 22.4. The molecule has 1 atom stereocenters. The van der Waals surface area contributed by atoms with E-state index >= 15 is 0 Å². The van der Waals surface area contributed by atoms with Crippen LogP contribution >= 0.6 is 0 Å². The van der Waals surface area contributed by atoms with Crippen LogP contribution in [0.3, 0.4) is 0 Å². The lowest BCUT2D eigenvalue weighted by molar-refractivity contribution is -0.167. The average molecular weight is 653 g/mol. The average Bonchev–Trinajstić information content (AvgIpc) is 3.03. The van der Waals surface area contributed by atoms with Gasteiger partial charge in [0.05, 0.1) is 0 Å². The van der Waals surface area contributed by atoms with Crippen LogP contribution in [-0.2, 0) is 28.6 Å². The molecule has 0 amide bonds. The summed E-state index contributed by atoms with van der Waals surface area (Å²) in [5, 5.41) is 0. The summed E-state index contributed by atoms with van der Waals surface area (Å²) >= 11 is 0. The highest BCUT2D eigenvalue weighted by Gasteiger charge is 2.19. The van der Waals surface area contributed by atoms with Crippen molar-refractivity contribution in [3.8, 4) is 0 Å². The van der Waals surface area contributed by atoms with Gasteiger partial charge in [0.15, 0.2) is 6.10 Å². The largest absolute Gasteiger partial charge is 0.462 e. The Morgan fingerprint density at radius 1 is 0.413 bits per heavy atom. The molecule has 0 aliphatic carbocycles. The minimum absolute atomic E-state index is 0.0660. The van der Waals surface area contributed by atoms with Crippen LogP contribution < -0.4 is 0 Å². The van der Waals surface area contributed by atoms with Gasteiger partial charge in [-0.25, -0.2) is 0 Å². The molecule has 0 aromatic heterocycles. The Balaban J connectivity index is 4.24. The fourth-order valence-corrected chi connectivity index (χ4v) is 5.74. The molecule has 0 heterocycles. The van der Waals surface area contributed by atoms with Crippen molar-refractivity contribution in [3.05, 3.63) is 0 Å². The van der Waals surface area contributed by atoms with E-state index in [2.05, 4.69) is 27.7 Å². The first kappa shape index (κ1) is 44.4. The van der Waals surface area contributed by atoms with E-state index < -0.39 is 6.10 Å². The second-order valence-corrected chi connectivity index (χ2v) is 14.0. The first-order valence-electron chi connectivity index (χ1n) is 19.9. The molecule has 6 nitrogen and oxygen atoms in total. The lowest BCUT2D eigenvalue weighted by Gasteiger charge is -2.18. The van der Waals surface area contributed by atoms with Gasteiger partial charge in [0, 0.05) is 19.3 Å². The summed E-state index contributed by atoms with van der Waals surface area (Å²) in [5.41, 5.74) is 0. The van der Waals surface area contributed by atoms with Crippen molar-refractivity contribution >= 4 is 17.9 Å². The van der Waals surface area contributed by atoms with E-state index in [9.17, 15) is 14.4 Å². The summed E-state index contributed by atoms with van der Waals surface area (Å²) in [6.45, 7) is 8.87. The number of unbranched alkanes of at least 4 members (excludes halogenated alkanes) is 22. The highest BCUT2D eigenvalue weighted by Crippen LogP contribution is 2.15. The van der Waals surface area contributed by atoms with Crippen molar-refractivity contribution in [2.45, 2.75) is 220 Å². The summed E-state index contributed by atoms with van der Waals surface area (Å²) < 4.78 is 16.5. The van der Waals surface area contributed by atoms with Crippen molar-refractivity contribution in [2.75, 3.05) is 13.2 Å². The van der Waals surface area contributed by atoms with Crippen LogP contribution in [0.1, 0.15) is 214 Å². The van der Waals surface area contributed by atoms with Gasteiger partial charge in [-0.1, -0.05) is 175 Å². The minimum Gasteiger partial charge on any atom is -0.462 e. The van der Waals surface area contributed by atoms with E-state index in [-0.39, 0.29) is 31.1 Å². The third-order valence-electron chi connectivity index (χ3n) is 8.79. The van der Waals surface area contributed by atoms with Crippen molar-refractivity contribution in [3.63, 3.8) is 0 Å². The van der Waals surface area contributed by atoms with Gasteiger partial charge in [-0.3, -0.25) is 14.4 Å². The fraction of sp³-hybridized carbons (Fsp3) is 0.925. The quantitative estimate of drug-likeness (QED) is 0.0385. The molecule has 46 heavy (non-hydrogen) atoms. The van der Waals surface area contributed by atoms with E-state index in [1.807, 2.05) is 0 Å². The van der Waals surface area contributed by atoms with Gasteiger partial charge in [0.25, 0.3) is 0 Å². The number of carbonyl (C=O) groups excluding carboxylic acids is 3. The van der Waals surface area contributed by atoms with Crippen LogP contribution in [-0.4, -0.2) is 37.2 Å². The van der Waals surface area contributed by atoms with Gasteiger partial charge in [-0.2, -0.15) is 0 Å². The van der Waals surface area contributed by atoms with Crippen molar-refractivity contribution in [1.29, 1.82) is 0 Å². The molecule has 0 rings (SSSR count). The predicted molar refractivity (Wildman–Crippen MR) is 192 cm³/mol. The summed E-state index contributed by atoms with van der Waals surface area (Å²) in [4.78, 5) is 37.2. The molecule has 0 spiro atoms. The SMILES string of the molecule is CCCCCCCCCCCC(=O)OC[C@H](COC(=O)CCCCCCC)OC(=O)CCCCCCCCCCCCCC(C)C. The molecule has 272 valence electrons. The van der Waals surface area contributed by atoms with Crippen molar-refractivity contribution in [2.24, 2.45) is 5.92 Å². The molecule has 0 aliphatic heterocycles. The van der Waals surface area contributed by atoms with Crippen LogP contribution in [0.15, 0.2) is 0 Å². The highest BCUT2D eigenvalue weighted by molar-refractivity contribution is 5.71. The summed E-state index contributed by atoms with van der Waals surface area (Å²) in [6, 6.07) is 0. The zero-order valence-corrected chi connectivity index (χ0v) is 31.0. The highest BCUT2D eigenvalue weighted by atomic mass is 16.6. The Morgan fingerprint density at radius 2 is 0.717 bits per heavy atom. The summed E-state index contributed by atoms with van der Waals surface area (Å²) in [6.07, 6.45) is 31.2. The fourth-order valence-electron chi connectivity index (χ4n) is 5.74. The van der Waals surface area contributed by atoms with Gasteiger partial charge in [-0.15, -0.1) is 0 Å². The molecular formula is C40H76O6. The Labute approximate surface area is 285 Å². The summed E-state index contributed by atoms with van der Waals surface area (Å²) in [5.74, 6) is -0.0541. The number of ether oxygens (including phenoxy) is 3. The van der Waals surface area contributed by atoms with Crippen LogP contribution in [0, 0.1) is 5.92 Å². The van der Waals surface area contributed by atoms with E-state index in [1.165, 1.54) is 103 Å². The smallest absolute Gasteiger partial charge is 0.306 e. The minimum atomic E-state index is -0.756. The van der Waals surface area contributed by atoms with Gasteiger partial charge >= 0.3 is 17.9 Å².